The number of ether oxygens (including phenoxy) is 1. The van der Waals surface area contributed by atoms with Crippen LogP contribution in [0.2, 0.25) is 0 Å². The predicted octanol–water partition coefficient (Wildman–Crippen LogP) is 1.56. The zero-order valence-corrected chi connectivity index (χ0v) is 14.5. The summed E-state index contributed by atoms with van der Waals surface area (Å²) in [6.07, 6.45) is 6.18. The number of likely N-dealkylation sites (N-methyl/N-ethyl adjacent to an activating group) is 1. The second kappa shape index (κ2) is 8.08. The lowest BCUT2D eigenvalue weighted by molar-refractivity contribution is 0.0571. The normalized spacial score (nSPS) is 23.7. The fourth-order valence-electron chi connectivity index (χ4n) is 3.56. The highest BCUT2D eigenvalue weighted by Gasteiger charge is 2.25. The van der Waals surface area contributed by atoms with Gasteiger partial charge in [0.2, 0.25) is 0 Å². The highest BCUT2D eigenvalue weighted by atomic mass is 16.5. The first-order chi connectivity index (χ1) is 11.2. The van der Waals surface area contributed by atoms with E-state index < -0.39 is 0 Å². The third kappa shape index (κ3) is 4.90. The van der Waals surface area contributed by atoms with E-state index in [1.807, 2.05) is 12.1 Å². The summed E-state index contributed by atoms with van der Waals surface area (Å²) < 4.78 is 6.06. The summed E-state index contributed by atoms with van der Waals surface area (Å²) in [5.74, 6) is 0.948. The number of piperazine rings is 1. The van der Waals surface area contributed by atoms with Crippen molar-refractivity contribution >= 4 is 0 Å². The van der Waals surface area contributed by atoms with Crippen LogP contribution in [0.4, 0.5) is 0 Å². The van der Waals surface area contributed by atoms with Crippen LogP contribution < -0.4 is 4.74 Å². The van der Waals surface area contributed by atoms with Gasteiger partial charge in [-0.3, -0.25) is 14.8 Å². The summed E-state index contributed by atoms with van der Waals surface area (Å²) in [5, 5.41) is 0. The average molecular weight is 318 g/mol. The molecular formula is C18H30N4O. The number of piperidine rings is 1. The van der Waals surface area contributed by atoms with Gasteiger partial charge in [-0.25, -0.2) is 0 Å². The number of likely N-dealkylation sites (tertiary alicyclic amines) is 1. The van der Waals surface area contributed by atoms with Gasteiger partial charge in [-0.2, -0.15) is 0 Å². The van der Waals surface area contributed by atoms with E-state index in [1.54, 1.807) is 12.4 Å². The van der Waals surface area contributed by atoms with Crippen LogP contribution in [0, 0.1) is 0 Å². The molecule has 2 aliphatic rings. The first-order valence-electron chi connectivity index (χ1n) is 8.92. The number of rotatable bonds is 5. The molecule has 2 fully saturated rings. The molecule has 3 rings (SSSR count). The SMILES string of the molecule is CC(CN1CCN(C)CC1)N1CCC(Oc2ccncc2)CC1. The van der Waals surface area contributed by atoms with Gasteiger partial charge in [0.05, 0.1) is 0 Å². The van der Waals surface area contributed by atoms with Crippen molar-refractivity contribution in [3.63, 3.8) is 0 Å². The van der Waals surface area contributed by atoms with Crippen molar-refractivity contribution in [2.75, 3.05) is 52.9 Å². The molecule has 0 saturated carbocycles. The van der Waals surface area contributed by atoms with Crippen LogP contribution in [0.1, 0.15) is 19.8 Å². The number of hydrogen-bond donors (Lipinski definition) is 0. The van der Waals surface area contributed by atoms with Crippen LogP contribution in [0.3, 0.4) is 0 Å². The van der Waals surface area contributed by atoms with Crippen LogP contribution in [0.15, 0.2) is 24.5 Å². The molecule has 0 spiro atoms. The molecule has 23 heavy (non-hydrogen) atoms. The highest BCUT2D eigenvalue weighted by molar-refractivity contribution is 5.17. The molecule has 0 amide bonds. The molecule has 1 unspecified atom stereocenters. The van der Waals surface area contributed by atoms with Crippen molar-refractivity contribution < 1.29 is 4.74 Å². The largest absolute Gasteiger partial charge is 0.490 e. The van der Waals surface area contributed by atoms with Crippen LogP contribution in [0.25, 0.3) is 0 Å². The molecule has 1 aromatic rings. The molecule has 5 nitrogen and oxygen atoms in total. The summed E-state index contributed by atoms with van der Waals surface area (Å²) in [7, 11) is 2.22. The molecule has 0 N–H and O–H groups in total. The molecule has 128 valence electrons. The topological polar surface area (TPSA) is 31.8 Å². The summed E-state index contributed by atoms with van der Waals surface area (Å²) >= 11 is 0. The van der Waals surface area contributed by atoms with E-state index in [0.717, 1.165) is 31.7 Å². The maximum Gasteiger partial charge on any atom is 0.122 e. The third-order valence-corrected chi connectivity index (χ3v) is 5.17. The Balaban J connectivity index is 1.40. The predicted molar refractivity (Wildman–Crippen MR) is 92.9 cm³/mol. The van der Waals surface area contributed by atoms with Crippen molar-refractivity contribution in [3.05, 3.63) is 24.5 Å². The Hall–Kier alpha value is -1.17. The quantitative estimate of drug-likeness (QED) is 0.822. The number of nitrogens with zero attached hydrogens (tertiary/aromatic N) is 4. The standard InChI is InChI=1S/C18H30N4O/c1-16(15-21-13-11-20(2)12-14-21)22-9-5-18(6-10-22)23-17-3-7-19-8-4-17/h3-4,7-8,16,18H,5-6,9-15H2,1-2H3. The van der Waals surface area contributed by atoms with Gasteiger partial charge in [0.15, 0.2) is 0 Å². The lowest BCUT2D eigenvalue weighted by Crippen LogP contribution is -2.51. The van der Waals surface area contributed by atoms with Gasteiger partial charge in [-0.05, 0) is 38.9 Å². The third-order valence-electron chi connectivity index (χ3n) is 5.17. The Labute approximate surface area is 140 Å². The second-order valence-electron chi connectivity index (χ2n) is 6.99. The van der Waals surface area contributed by atoms with E-state index in [-0.39, 0.29) is 0 Å². The van der Waals surface area contributed by atoms with E-state index in [9.17, 15) is 0 Å². The lowest BCUT2D eigenvalue weighted by atomic mass is 10.1. The van der Waals surface area contributed by atoms with Gasteiger partial charge in [0.1, 0.15) is 11.9 Å². The van der Waals surface area contributed by atoms with Crippen LogP contribution in [-0.4, -0.2) is 84.7 Å². The maximum atomic E-state index is 6.06. The zero-order chi connectivity index (χ0) is 16.1. The molecule has 0 aromatic carbocycles. The number of hydrogen-bond acceptors (Lipinski definition) is 5. The first-order valence-corrected chi connectivity index (χ1v) is 8.92. The van der Waals surface area contributed by atoms with Gasteiger partial charge in [-0.15, -0.1) is 0 Å². The molecule has 0 radical (unpaired) electrons. The molecule has 0 aliphatic carbocycles. The fraction of sp³-hybridized carbons (Fsp3) is 0.722. The van der Waals surface area contributed by atoms with E-state index in [0.29, 0.717) is 12.1 Å². The molecule has 0 bridgehead atoms. The minimum Gasteiger partial charge on any atom is -0.490 e. The Morgan fingerprint density at radius 3 is 2.39 bits per heavy atom. The maximum absolute atomic E-state index is 6.06. The first kappa shape index (κ1) is 16.7. The Morgan fingerprint density at radius 1 is 1.09 bits per heavy atom. The minimum absolute atomic E-state index is 0.351. The van der Waals surface area contributed by atoms with E-state index >= 15 is 0 Å². The lowest BCUT2D eigenvalue weighted by Gasteiger charge is -2.40. The van der Waals surface area contributed by atoms with Crippen molar-refractivity contribution in [2.24, 2.45) is 0 Å². The molecule has 5 heteroatoms. The van der Waals surface area contributed by atoms with E-state index in [1.165, 1.54) is 32.7 Å². The molecule has 1 atom stereocenters. The van der Waals surface area contributed by atoms with E-state index in [2.05, 4.69) is 33.7 Å². The van der Waals surface area contributed by atoms with Crippen LogP contribution in [0.5, 0.6) is 5.75 Å². The summed E-state index contributed by atoms with van der Waals surface area (Å²) in [6.45, 7) is 10.7. The second-order valence-corrected chi connectivity index (χ2v) is 6.99. The Morgan fingerprint density at radius 2 is 1.74 bits per heavy atom. The van der Waals surface area contributed by atoms with Crippen molar-refractivity contribution in [1.82, 2.24) is 19.7 Å². The molecule has 1 aromatic heterocycles. The average Bonchev–Trinajstić information content (AvgIpc) is 2.58. The molecule has 3 heterocycles. The van der Waals surface area contributed by atoms with Crippen molar-refractivity contribution in [1.29, 1.82) is 0 Å². The molecule has 2 aliphatic heterocycles. The molecule has 2 saturated heterocycles. The van der Waals surface area contributed by atoms with Gasteiger partial charge in [-0.1, -0.05) is 0 Å². The van der Waals surface area contributed by atoms with Crippen LogP contribution >= 0.6 is 0 Å². The van der Waals surface area contributed by atoms with Crippen molar-refractivity contribution in [2.45, 2.75) is 31.9 Å². The number of aromatic nitrogens is 1. The van der Waals surface area contributed by atoms with Gasteiger partial charge < -0.3 is 9.64 Å². The van der Waals surface area contributed by atoms with Crippen LogP contribution in [-0.2, 0) is 0 Å². The Bertz CT molecular complexity index is 453. The van der Waals surface area contributed by atoms with Gasteiger partial charge in [0.25, 0.3) is 0 Å². The summed E-state index contributed by atoms with van der Waals surface area (Å²) in [5.41, 5.74) is 0. The number of pyridine rings is 1. The molecular weight excluding hydrogens is 288 g/mol. The van der Waals surface area contributed by atoms with E-state index in [4.69, 9.17) is 4.74 Å². The Kier molecular flexibility index (Phi) is 5.86. The summed E-state index contributed by atoms with van der Waals surface area (Å²) in [4.78, 5) is 11.7. The minimum atomic E-state index is 0.351. The van der Waals surface area contributed by atoms with Gasteiger partial charge >= 0.3 is 0 Å². The zero-order valence-electron chi connectivity index (χ0n) is 14.5. The smallest absolute Gasteiger partial charge is 0.122 e. The summed E-state index contributed by atoms with van der Waals surface area (Å²) in [6, 6.07) is 4.53. The van der Waals surface area contributed by atoms with Gasteiger partial charge in [0, 0.05) is 64.2 Å². The van der Waals surface area contributed by atoms with Crippen molar-refractivity contribution in [3.8, 4) is 5.75 Å². The monoisotopic (exact) mass is 318 g/mol. The fourth-order valence-corrected chi connectivity index (χ4v) is 3.56. The highest BCUT2D eigenvalue weighted by Crippen LogP contribution is 2.20.